The summed E-state index contributed by atoms with van der Waals surface area (Å²) in [5.41, 5.74) is 9.73. The lowest BCUT2D eigenvalue weighted by Crippen LogP contribution is -2.39. The molecule has 0 aliphatic carbocycles. The van der Waals surface area contributed by atoms with E-state index in [-0.39, 0.29) is 12.0 Å². The summed E-state index contributed by atoms with van der Waals surface area (Å²) < 4.78 is 8.83. The van der Waals surface area contributed by atoms with Crippen molar-refractivity contribution in [3.63, 3.8) is 0 Å². The summed E-state index contributed by atoms with van der Waals surface area (Å²) in [7, 11) is 1.63. The molecule has 1 aliphatic rings. The van der Waals surface area contributed by atoms with E-state index in [1.807, 2.05) is 42.9 Å². The number of hydrogen-bond acceptors (Lipinski definition) is 8. The van der Waals surface area contributed by atoms with Gasteiger partial charge in [0, 0.05) is 36.7 Å². The Labute approximate surface area is 198 Å². The molecule has 1 saturated heterocycles. The molecule has 3 N–H and O–H groups in total. The van der Waals surface area contributed by atoms with Crippen LogP contribution in [0.4, 0.5) is 11.6 Å². The summed E-state index contributed by atoms with van der Waals surface area (Å²) in [5.74, 6) is 2.41. The fourth-order valence-corrected chi connectivity index (χ4v) is 4.87. The number of ether oxygens (including phenoxy) is 1. The van der Waals surface area contributed by atoms with Crippen molar-refractivity contribution in [1.29, 1.82) is 0 Å². The topological polar surface area (TPSA) is 120 Å². The first-order chi connectivity index (χ1) is 16.2. The van der Waals surface area contributed by atoms with Crippen LogP contribution in [-0.2, 0) is 0 Å². The maximum Gasteiger partial charge on any atom is 0.223 e. The molecule has 0 amide bonds. The zero-order valence-corrected chi connectivity index (χ0v) is 20.3. The van der Waals surface area contributed by atoms with Crippen molar-refractivity contribution in [3.8, 4) is 5.75 Å². The summed E-state index contributed by atoms with van der Waals surface area (Å²) in [6, 6.07) is 5.62. The average molecular weight is 465 g/mol. The summed E-state index contributed by atoms with van der Waals surface area (Å²) in [6.07, 6.45) is 2.56. The van der Waals surface area contributed by atoms with Gasteiger partial charge in [0.1, 0.15) is 5.75 Å². The Balaban J connectivity index is 1.50. The first-order valence-corrected chi connectivity index (χ1v) is 11.7. The Hall–Kier alpha value is -3.40. The predicted octanol–water partition coefficient (Wildman–Crippen LogP) is 2.95. The van der Waals surface area contributed by atoms with Crippen LogP contribution in [0.3, 0.4) is 0 Å². The van der Waals surface area contributed by atoms with Gasteiger partial charge in [-0.25, -0.2) is 9.97 Å². The number of fused-ring (bicyclic) bond motifs is 3. The van der Waals surface area contributed by atoms with E-state index in [1.54, 1.807) is 18.5 Å². The molecule has 0 radical (unpaired) electrons. The molecule has 4 unspecified atom stereocenters. The van der Waals surface area contributed by atoms with E-state index in [2.05, 4.69) is 21.9 Å². The molecule has 1 aliphatic heterocycles. The summed E-state index contributed by atoms with van der Waals surface area (Å²) in [4.78, 5) is 11.8. The number of aryl methyl sites for hydroxylation is 1. The number of piperidine rings is 1. The van der Waals surface area contributed by atoms with Crippen LogP contribution >= 0.6 is 0 Å². The molecular formula is C24H32N8O2. The lowest BCUT2D eigenvalue weighted by atomic mass is 9.89. The molecule has 1 fully saturated rings. The van der Waals surface area contributed by atoms with Crippen molar-refractivity contribution in [2.45, 2.75) is 52.2 Å². The molecular weight excluding hydrogens is 432 g/mol. The lowest BCUT2D eigenvalue weighted by molar-refractivity contribution is 0.132. The van der Waals surface area contributed by atoms with Crippen LogP contribution in [0.25, 0.3) is 16.6 Å². The Morgan fingerprint density at radius 3 is 2.71 bits per heavy atom. The Bertz CT molecular complexity index is 1340. The van der Waals surface area contributed by atoms with Crippen molar-refractivity contribution in [2.24, 2.45) is 5.92 Å². The number of anilines is 2. The highest BCUT2D eigenvalue weighted by Crippen LogP contribution is 2.34. The van der Waals surface area contributed by atoms with Crippen molar-refractivity contribution < 1.29 is 9.84 Å². The SMILES string of the molecule is COc1ccc2c(c1)nc(N)n1nc(C3CC(C)CN(c4cn(C(C)C(C)O)nc4C)C3)nc21. The van der Waals surface area contributed by atoms with E-state index in [0.717, 1.165) is 53.4 Å². The molecule has 180 valence electrons. The number of nitrogens with two attached hydrogens (primary N) is 1. The first kappa shape index (κ1) is 22.4. The predicted molar refractivity (Wildman–Crippen MR) is 131 cm³/mol. The summed E-state index contributed by atoms with van der Waals surface area (Å²) in [5, 5.41) is 20.3. The maximum atomic E-state index is 10.00. The molecule has 1 aromatic carbocycles. The number of aliphatic hydroxyl groups excluding tert-OH is 1. The second-order valence-corrected chi connectivity index (χ2v) is 9.56. The number of aliphatic hydroxyl groups is 1. The molecule has 4 heterocycles. The number of benzene rings is 1. The van der Waals surface area contributed by atoms with Crippen molar-refractivity contribution in [3.05, 3.63) is 35.9 Å². The number of hydrogen-bond donors (Lipinski definition) is 2. The van der Waals surface area contributed by atoms with Crippen LogP contribution in [-0.4, -0.2) is 60.8 Å². The van der Waals surface area contributed by atoms with Gasteiger partial charge in [-0.3, -0.25) is 4.68 Å². The fraction of sp³-hybridized carbons (Fsp3) is 0.500. The summed E-state index contributed by atoms with van der Waals surface area (Å²) in [6.45, 7) is 9.76. The minimum atomic E-state index is -0.476. The van der Waals surface area contributed by atoms with Crippen LogP contribution in [0.5, 0.6) is 5.75 Å². The van der Waals surface area contributed by atoms with Gasteiger partial charge in [-0.2, -0.15) is 9.61 Å². The molecule has 4 aromatic rings. The Morgan fingerprint density at radius 2 is 1.97 bits per heavy atom. The summed E-state index contributed by atoms with van der Waals surface area (Å²) >= 11 is 0. The molecule has 4 atom stereocenters. The second-order valence-electron chi connectivity index (χ2n) is 9.56. The number of methoxy groups -OCH3 is 1. The Kier molecular flexibility index (Phi) is 5.55. The van der Waals surface area contributed by atoms with Crippen LogP contribution in [0.2, 0.25) is 0 Å². The first-order valence-electron chi connectivity index (χ1n) is 11.7. The molecule has 5 rings (SSSR count). The van der Waals surface area contributed by atoms with Gasteiger partial charge < -0.3 is 20.5 Å². The van der Waals surface area contributed by atoms with E-state index in [0.29, 0.717) is 17.5 Å². The average Bonchev–Trinajstić information content (AvgIpc) is 3.42. The van der Waals surface area contributed by atoms with Crippen LogP contribution in [0.1, 0.15) is 50.7 Å². The zero-order chi connectivity index (χ0) is 24.1. The standard InChI is InChI=1S/C24H32N8O2/c1-13-8-17(11-30(10-13)21-12-31(28-14(21)2)15(3)16(4)33)22-27-23-19-7-6-18(34-5)9-20(19)26-24(25)32(23)29-22/h6-7,9,12-13,15-17,33H,8,10-11H2,1-5H3,(H2,25,26). The third kappa shape index (κ3) is 3.81. The van der Waals surface area contributed by atoms with Gasteiger partial charge in [-0.1, -0.05) is 6.92 Å². The minimum absolute atomic E-state index is 0.0899. The van der Waals surface area contributed by atoms with E-state index < -0.39 is 6.10 Å². The molecule has 0 saturated carbocycles. The van der Waals surface area contributed by atoms with Gasteiger partial charge in [0.25, 0.3) is 0 Å². The van der Waals surface area contributed by atoms with Crippen molar-refractivity contribution >= 4 is 28.2 Å². The van der Waals surface area contributed by atoms with Gasteiger partial charge in [-0.15, -0.1) is 5.10 Å². The highest BCUT2D eigenvalue weighted by atomic mass is 16.5. The third-order valence-corrected chi connectivity index (χ3v) is 6.89. The van der Waals surface area contributed by atoms with Crippen molar-refractivity contribution in [2.75, 3.05) is 30.8 Å². The van der Waals surface area contributed by atoms with Gasteiger partial charge in [0.05, 0.1) is 36.2 Å². The number of nitrogen functional groups attached to an aromatic ring is 1. The molecule has 3 aromatic heterocycles. The van der Waals surface area contributed by atoms with E-state index in [1.165, 1.54) is 0 Å². The van der Waals surface area contributed by atoms with Crippen LogP contribution in [0.15, 0.2) is 24.4 Å². The fourth-order valence-electron chi connectivity index (χ4n) is 4.87. The van der Waals surface area contributed by atoms with E-state index in [9.17, 15) is 5.11 Å². The number of nitrogens with zero attached hydrogens (tertiary/aromatic N) is 7. The van der Waals surface area contributed by atoms with Crippen molar-refractivity contribution in [1.82, 2.24) is 29.4 Å². The van der Waals surface area contributed by atoms with E-state index >= 15 is 0 Å². The smallest absolute Gasteiger partial charge is 0.223 e. The van der Waals surface area contributed by atoms with Crippen LogP contribution in [0, 0.1) is 12.8 Å². The molecule has 10 nitrogen and oxygen atoms in total. The lowest BCUT2D eigenvalue weighted by Gasteiger charge is -2.36. The van der Waals surface area contributed by atoms with Gasteiger partial charge in [0.15, 0.2) is 11.5 Å². The molecule has 34 heavy (non-hydrogen) atoms. The quantitative estimate of drug-likeness (QED) is 0.463. The monoisotopic (exact) mass is 464 g/mol. The highest BCUT2D eigenvalue weighted by Gasteiger charge is 2.31. The maximum absolute atomic E-state index is 10.00. The largest absolute Gasteiger partial charge is 0.497 e. The second kappa shape index (κ2) is 8.43. The normalized spacial score (nSPS) is 20.7. The minimum Gasteiger partial charge on any atom is -0.497 e. The van der Waals surface area contributed by atoms with Gasteiger partial charge >= 0.3 is 0 Å². The highest BCUT2D eigenvalue weighted by molar-refractivity contribution is 5.93. The van der Waals surface area contributed by atoms with Gasteiger partial charge in [-0.05, 0) is 45.2 Å². The molecule has 10 heteroatoms. The Morgan fingerprint density at radius 1 is 1.18 bits per heavy atom. The van der Waals surface area contributed by atoms with Gasteiger partial charge in [0.2, 0.25) is 5.95 Å². The zero-order valence-electron chi connectivity index (χ0n) is 20.3. The third-order valence-electron chi connectivity index (χ3n) is 6.89. The number of rotatable bonds is 5. The molecule has 0 spiro atoms. The molecule has 0 bridgehead atoms. The number of aromatic nitrogens is 6. The van der Waals surface area contributed by atoms with E-state index in [4.69, 9.17) is 20.6 Å². The van der Waals surface area contributed by atoms with Crippen LogP contribution < -0.4 is 15.4 Å².